The lowest BCUT2D eigenvalue weighted by atomic mass is 9.72. The van der Waals surface area contributed by atoms with Crippen LogP contribution in [-0.4, -0.2) is 0 Å². The standard InChI is InChI=1S/C22H30/c1-7-22(8-2,9-3)20-14-17(5)21(18(6)15-20)19-12-10-16(4)11-13-19/h10-15H,7-9H2,1-6H3. The maximum absolute atomic E-state index is 2.43. The Bertz CT molecular complexity index is 596. The van der Waals surface area contributed by atoms with E-state index in [0.717, 1.165) is 0 Å². The van der Waals surface area contributed by atoms with E-state index < -0.39 is 0 Å². The van der Waals surface area contributed by atoms with Gasteiger partial charge in [0.1, 0.15) is 0 Å². The Morgan fingerprint density at radius 3 is 1.59 bits per heavy atom. The fourth-order valence-corrected chi connectivity index (χ4v) is 3.81. The smallest absolute Gasteiger partial charge is 0.00546 e. The van der Waals surface area contributed by atoms with Crippen molar-refractivity contribution in [3.05, 3.63) is 58.7 Å². The number of aryl methyl sites for hydroxylation is 3. The lowest BCUT2D eigenvalue weighted by molar-refractivity contribution is 0.381. The van der Waals surface area contributed by atoms with Crippen LogP contribution >= 0.6 is 0 Å². The molecule has 0 nitrogen and oxygen atoms in total. The van der Waals surface area contributed by atoms with Gasteiger partial charge in [-0.25, -0.2) is 0 Å². The molecule has 0 unspecified atom stereocenters. The Morgan fingerprint density at radius 2 is 1.18 bits per heavy atom. The summed E-state index contributed by atoms with van der Waals surface area (Å²) in [4.78, 5) is 0. The molecule has 0 heteroatoms. The van der Waals surface area contributed by atoms with Crippen LogP contribution in [0.3, 0.4) is 0 Å². The summed E-state index contributed by atoms with van der Waals surface area (Å²) in [5.74, 6) is 0. The van der Waals surface area contributed by atoms with Crippen molar-refractivity contribution >= 4 is 0 Å². The molecular formula is C22H30. The highest BCUT2D eigenvalue weighted by Crippen LogP contribution is 2.38. The van der Waals surface area contributed by atoms with Crippen LogP contribution in [0.15, 0.2) is 36.4 Å². The van der Waals surface area contributed by atoms with Gasteiger partial charge >= 0.3 is 0 Å². The molecule has 0 radical (unpaired) electrons. The summed E-state index contributed by atoms with van der Waals surface area (Å²) in [5.41, 5.74) is 8.71. The second-order valence-corrected chi connectivity index (χ2v) is 6.69. The molecule has 22 heavy (non-hydrogen) atoms. The van der Waals surface area contributed by atoms with Crippen molar-refractivity contribution in [2.75, 3.05) is 0 Å². The van der Waals surface area contributed by atoms with Gasteiger partial charge in [0.2, 0.25) is 0 Å². The minimum Gasteiger partial charge on any atom is -0.0645 e. The van der Waals surface area contributed by atoms with Gasteiger partial charge in [0, 0.05) is 0 Å². The monoisotopic (exact) mass is 294 g/mol. The van der Waals surface area contributed by atoms with Crippen molar-refractivity contribution in [3.63, 3.8) is 0 Å². The first kappa shape index (κ1) is 16.8. The van der Waals surface area contributed by atoms with Gasteiger partial charge in [-0.2, -0.15) is 0 Å². The number of rotatable bonds is 5. The molecule has 0 N–H and O–H groups in total. The van der Waals surface area contributed by atoms with Crippen LogP contribution in [0, 0.1) is 20.8 Å². The predicted molar refractivity (Wildman–Crippen MR) is 98.6 cm³/mol. The topological polar surface area (TPSA) is 0 Å². The third kappa shape index (κ3) is 2.97. The minimum absolute atomic E-state index is 0.335. The van der Waals surface area contributed by atoms with Crippen molar-refractivity contribution in [1.82, 2.24) is 0 Å². The first-order chi connectivity index (χ1) is 10.5. The van der Waals surface area contributed by atoms with Crippen molar-refractivity contribution < 1.29 is 0 Å². The van der Waals surface area contributed by atoms with Gasteiger partial charge < -0.3 is 0 Å². The van der Waals surface area contributed by atoms with Crippen LogP contribution in [0.5, 0.6) is 0 Å². The summed E-state index contributed by atoms with van der Waals surface area (Å²) in [5, 5.41) is 0. The van der Waals surface area contributed by atoms with Crippen molar-refractivity contribution in [2.24, 2.45) is 0 Å². The number of hydrogen-bond acceptors (Lipinski definition) is 0. The molecule has 0 fully saturated rings. The van der Waals surface area contributed by atoms with E-state index in [4.69, 9.17) is 0 Å². The van der Waals surface area contributed by atoms with Gasteiger partial charge in [0.25, 0.3) is 0 Å². The van der Waals surface area contributed by atoms with E-state index in [-0.39, 0.29) is 0 Å². The Hall–Kier alpha value is -1.56. The summed E-state index contributed by atoms with van der Waals surface area (Å²) in [7, 11) is 0. The van der Waals surface area contributed by atoms with Gasteiger partial charge in [-0.3, -0.25) is 0 Å². The fourth-order valence-electron chi connectivity index (χ4n) is 3.81. The molecule has 0 aliphatic carbocycles. The Balaban J connectivity index is 2.56. The maximum Gasteiger partial charge on any atom is -0.00546 e. The summed E-state index contributed by atoms with van der Waals surface area (Å²) in [6.45, 7) is 13.6. The number of hydrogen-bond donors (Lipinski definition) is 0. The predicted octanol–water partition coefficient (Wildman–Crippen LogP) is 6.75. The van der Waals surface area contributed by atoms with Gasteiger partial charge in [-0.05, 0) is 73.3 Å². The van der Waals surface area contributed by atoms with Gasteiger partial charge in [-0.15, -0.1) is 0 Å². The summed E-state index contributed by atoms with van der Waals surface area (Å²) in [6, 6.07) is 13.8. The van der Waals surface area contributed by atoms with E-state index in [1.54, 1.807) is 0 Å². The van der Waals surface area contributed by atoms with Crippen LogP contribution in [0.25, 0.3) is 11.1 Å². The summed E-state index contributed by atoms with van der Waals surface area (Å²) in [6.07, 6.45) is 3.63. The van der Waals surface area contributed by atoms with Crippen LogP contribution in [-0.2, 0) is 5.41 Å². The van der Waals surface area contributed by atoms with Crippen molar-refractivity contribution in [3.8, 4) is 11.1 Å². The summed E-state index contributed by atoms with van der Waals surface area (Å²) >= 11 is 0. The zero-order chi connectivity index (χ0) is 16.3. The van der Waals surface area contributed by atoms with E-state index in [2.05, 4.69) is 77.9 Å². The first-order valence-corrected chi connectivity index (χ1v) is 8.66. The van der Waals surface area contributed by atoms with E-state index in [1.165, 1.54) is 52.6 Å². The van der Waals surface area contributed by atoms with Crippen molar-refractivity contribution in [1.29, 1.82) is 0 Å². The second-order valence-electron chi connectivity index (χ2n) is 6.69. The molecular weight excluding hydrogens is 264 g/mol. The largest absolute Gasteiger partial charge is 0.0645 e. The average Bonchev–Trinajstić information content (AvgIpc) is 2.51. The highest BCUT2D eigenvalue weighted by molar-refractivity contribution is 5.71. The normalized spacial score (nSPS) is 11.7. The van der Waals surface area contributed by atoms with Crippen LogP contribution in [0.4, 0.5) is 0 Å². The molecule has 2 aromatic carbocycles. The SMILES string of the molecule is CCC(CC)(CC)c1cc(C)c(-c2ccc(C)cc2)c(C)c1. The lowest BCUT2D eigenvalue weighted by Gasteiger charge is -2.32. The van der Waals surface area contributed by atoms with E-state index in [0.29, 0.717) is 5.41 Å². The zero-order valence-corrected chi connectivity index (χ0v) is 15.1. The molecule has 0 bridgehead atoms. The molecule has 0 aromatic heterocycles. The van der Waals surface area contributed by atoms with Crippen LogP contribution < -0.4 is 0 Å². The quantitative estimate of drug-likeness (QED) is 0.572. The molecule has 0 aliphatic rings. The Kier molecular flexibility index (Phi) is 5.11. The molecule has 0 aliphatic heterocycles. The molecule has 2 rings (SSSR count). The molecule has 0 amide bonds. The molecule has 0 saturated heterocycles. The molecule has 0 atom stereocenters. The van der Waals surface area contributed by atoms with E-state index in [1.807, 2.05) is 0 Å². The molecule has 118 valence electrons. The molecule has 0 heterocycles. The molecule has 0 spiro atoms. The Labute approximate surface area is 136 Å². The Morgan fingerprint density at radius 1 is 0.727 bits per heavy atom. The average molecular weight is 294 g/mol. The lowest BCUT2D eigenvalue weighted by Crippen LogP contribution is -2.23. The van der Waals surface area contributed by atoms with E-state index in [9.17, 15) is 0 Å². The van der Waals surface area contributed by atoms with Gasteiger partial charge in [-0.1, -0.05) is 62.7 Å². The highest BCUT2D eigenvalue weighted by atomic mass is 14.3. The van der Waals surface area contributed by atoms with E-state index >= 15 is 0 Å². The zero-order valence-electron chi connectivity index (χ0n) is 15.1. The number of benzene rings is 2. The minimum atomic E-state index is 0.335. The van der Waals surface area contributed by atoms with Crippen LogP contribution in [0.1, 0.15) is 62.3 Å². The molecule has 0 saturated carbocycles. The van der Waals surface area contributed by atoms with Crippen LogP contribution in [0.2, 0.25) is 0 Å². The highest BCUT2D eigenvalue weighted by Gasteiger charge is 2.27. The second kappa shape index (κ2) is 6.69. The third-order valence-electron chi connectivity index (χ3n) is 5.52. The van der Waals surface area contributed by atoms with Crippen molar-refractivity contribution in [2.45, 2.75) is 66.2 Å². The molecule has 2 aromatic rings. The van der Waals surface area contributed by atoms with Gasteiger partial charge in [0.15, 0.2) is 0 Å². The maximum atomic E-state index is 2.43. The van der Waals surface area contributed by atoms with Gasteiger partial charge in [0.05, 0.1) is 0 Å². The fraction of sp³-hybridized carbons (Fsp3) is 0.455. The third-order valence-corrected chi connectivity index (χ3v) is 5.52. The summed E-state index contributed by atoms with van der Waals surface area (Å²) < 4.78 is 0. The first-order valence-electron chi connectivity index (χ1n) is 8.66.